The molecular formula is C24H28O6. The van der Waals surface area contributed by atoms with Gasteiger partial charge in [-0.1, -0.05) is 32.6 Å². The summed E-state index contributed by atoms with van der Waals surface area (Å²) >= 11 is 0. The Labute approximate surface area is 177 Å². The van der Waals surface area contributed by atoms with Gasteiger partial charge in [0.05, 0.1) is 26.9 Å². The maximum atomic E-state index is 12.5. The fourth-order valence-electron chi connectivity index (χ4n) is 2.50. The molecule has 0 bridgehead atoms. The molecular weight excluding hydrogens is 384 g/mol. The van der Waals surface area contributed by atoms with Gasteiger partial charge in [-0.05, 0) is 41.8 Å². The molecule has 0 N–H and O–H groups in total. The van der Waals surface area contributed by atoms with Gasteiger partial charge in [-0.2, -0.15) is 0 Å². The van der Waals surface area contributed by atoms with Gasteiger partial charge in [0, 0.05) is 18.4 Å². The van der Waals surface area contributed by atoms with Crippen molar-refractivity contribution in [1.82, 2.24) is 0 Å². The Balaban J connectivity index is 3.19. The van der Waals surface area contributed by atoms with E-state index in [2.05, 4.69) is 22.3 Å². The molecule has 1 aromatic carbocycles. The highest BCUT2D eigenvalue weighted by molar-refractivity contribution is 6.00. The van der Waals surface area contributed by atoms with Crippen molar-refractivity contribution in [2.45, 2.75) is 33.6 Å². The predicted molar refractivity (Wildman–Crippen MR) is 112 cm³/mol. The Kier molecular flexibility index (Phi) is 9.11. The van der Waals surface area contributed by atoms with E-state index in [1.54, 1.807) is 30.3 Å². The van der Waals surface area contributed by atoms with Crippen LogP contribution in [0.2, 0.25) is 0 Å². The minimum absolute atomic E-state index is 0.0366. The number of ether oxygens (including phenoxy) is 3. The van der Waals surface area contributed by atoms with Gasteiger partial charge < -0.3 is 14.2 Å². The van der Waals surface area contributed by atoms with Gasteiger partial charge in [-0.3, -0.25) is 9.59 Å². The van der Waals surface area contributed by atoms with Crippen molar-refractivity contribution >= 4 is 17.9 Å². The average Bonchev–Trinajstić information content (AvgIpc) is 2.73. The highest BCUT2D eigenvalue weighted by Gasteiger charge is 2.47. The van der Waals surface area contributed by atoms with E-state index in [4.69, 9.17) is 9.47 Å². The summed E-state index contributed by atoms with van der Waals surface area (Å²) in [7, 11) is 3.74. The van der Waals surface area contributed by atoms with Gasteiger partial charge in [0.15, 0.2) is 5.41 Å². The van der Waals surface area contributed by atoms with E-state index in [0.717, 1.165) is 0 Å². The first-order valence-electron chi connectivity index (χ1n) is 9.36. The van der Waals surface area contributed by atoms with E-state index < -0.39 is 23.3 Å². The van der Waals surface area contributed by atoms with Crippen molar-refractivity contribution < 1.29 is 28.6 Å². The first kappa shape index (κ1) is 24.7. The normalized spacial score (nSPS) is 10.6. The molecule has 160 valence electrons. The summed E-state index contributed by atoms with van der Waals surface area (Å²) in [5.41, 5.74) is 2.34. The van der Waals surface area contributed by atoms with Crippen LogP contribution in [0.5, 0.6) is 0 Å². The first-order valence-corrected chi connectivity index (χ1v) is 9.36. The van der Waals surface area contributed by atoms with E-state index in [1.807, 2.05) is 26.8 Å². The molecule has 30 heavy (non-hydrogen) atoms. The molecule has 0 radical (unpaired) electrons. The molecule has 0 fully saturated rings. The molecule has 0 saturated heterocycles. The van der Waals surface area contributed by atoms with Crippen LogP contribution in [0.4, 0.5) is 0 Å². The van der Waals surface area contributed by atoms with Crippen LogP contribution in [-0.2, 0) is 23.8 Å². The fourth-order valence-corrected chi connectivity index (χ4v) is 2.50. The number of hydrogen-bond acceptors (Lipinski definition) is 6. The third-order valence-corrected chi connectivity index (χ3v) is 4.17. The van der Waals surface area contributed by atoms with Crippen molar-refractivity contribution in [1.29, 1.82) is 0 Å². The number of allylic oxidation sites excluding steroid dienone is 1. The highest BCUT2D eigenvalue weighted by Crippen LogP contribution is 2.31. The van der Waals surface area contributed by atoms with Crippen molar-refractivity contribution in [3.63, 3.8) is 0 Å². The number of methoxy groups -OCH3 is 3. The van der Waals surface area contributed by atoms with Crippen molar-refractivity contribution in [3.05, 3.63) is 53.3 Å². The lowest BCUT2D eigenvalue weighted by molar-refractivity contribution is -0.168. The molecule has 0 amide bonds. The lowest BCUT2D eigenvalue weighted by atomic mass is 9.81. The monoisotopic (exact) mass is 412 g/mol. The topological polar surface area (TPSA) is 78.9 Å². The number of benzene rings is 1. The van der Waals surface area contributed by atoms with Crippen LogP contribution in [0.3, 0.4) is 0 Å². The van der Waals surface area contributed by atoms with Crippen molar-refractivity contribution in [3.8, 4) is 11.8 Å². The van der Waals surface area contributed by atoms with Crippen LogP contribution in [0.25, 0.3) is 0 Å². The standard InChI is InChI=1S/C24H28O6/c1-23(2,3)15-7-8-16-24(21(26)29-5,22(27)30-6)17-9-10-18-11-13-19(14-12-18)20(25)28-4/h8,11-15H,16-17H2,1-6H3. The maximum Gasteiger partial charge on any atom is 0.337 e. The van der Waals surface area contributed by atoms with Crippen LogP contribution < -0.4 is 0 Å². The van der Waals surface area contributed by atoms with Crippen LogP contribution >= 0.6 is 0 Å². The molecule has 0 heterocycles. The summed E-state index contributed by atoms with van der Waals surface area (Å²) in [4.78, 5) is 36.5. The number of hydrogen-bond donors (Lipinski definition) is 0. The third kappa shape index (κ3) is 6.95. The summed E-state index contributed by atoms with van der Waals surface area (Å²) in [5, 5.41) is 0. The Morgan fingerprint density at radius 1 is 0.933 bits per heavy atom. The summed E-state index contributed by atoms with van der Waals surface area (Å²) < 4.78 is 14.4. The van der Waals surface area contributed by atoms with Gasteiger partial charge in [0.25, 0.3) is 0 Å². The van der Waals surface area contributed by atoms with Crippen LogP contribution in [-0.4, -0.2) is 39.2 Å². The molecule has 1 rings (SSSR count). The molecule has 0 aliphatic carbocycles. The zero-order chi connectivity index (χ0) is 22.8. The second kappa shape index (κ2) is 11.0. The Hall–Kier alpha value is -3.29. The molecule has 0 atom stereocenters. The summed E-state index contributed by atoms with van der Waals surface area (Å²) in [6.45, 7) is 6.04. The van der Waals surface area contributed by atoms with E-state index in [1.165, 1.54) is 21.3 Å². The summed E-state index contributed by atoms with van der Waals surface area (Å²) in [5.74, 6) is 3.87. The van der Waals surface area contributed by atoms with E-state index in [-0.39, 0.29) is 18.3 Å². The molecule has 0 aliphatic heterocycles. The number of carbonyl (C=O) groups excluding carboxylic acids is 3. The molecule has 6 heteroatoms. The quantitative estimate of drug-likeness (QED) is 0.233. The Morgan fingerprint density at radius 3 is 1.97 bits per heavy atom. The highest BCUT2D eigenvalue weighted by atomic mass is 16.5. The second-order valence-corrected chi connectivity index (χ2v) is 7.70. The first-order chi connectivity index (χ1) is 14.1. The summed E-state index contributed by atoms with van der Waals surface area (Å²) in [6.07, 6.45) is 3.40. The van der Waals surface area contributed by atoms with Crippen LogP contribution in [0.1, 0.15) is 49.5 Å². The second-order valence-electron chi connectivity index (χ2n) is 7.70. The molecule has 6 nitrogen and oxygen atoms in total. The predicted octanol–water partition coefficient (Wildman–Crippen LogP) is 3.69. The molecule has 0 unspecified atom stereocenters. The van der Waals surface area contributed by atoms with Gasteiger partial charge in [0.1, 0.15) is 0 Å². The maximum absolute atomic E-state index is 12.5. The van der Waals surface area contributed by atoms with E-state index >= 15 is 0 Å². The molecule has 0 aromatic heterocycles. The Bertz CT molecular complexity index is 868. The smallest absolute Gasteiger partial charge is 0.337 e. The lowest BCUT2D eigenvalue weighted by Gasteiger charge is -2.24. The third-order valence-electron chi connectivity index (χ3n) is 4.17. The average molecular weight is 412 g/mol. The van der Waals surface area contributed by atoms with Gasteiger partial charge in [0.2, 0.25) is 0 Å². The minimum Gasteiger partial charge on any atom is -0.468 e. The van der Waals surface area contributed by atoms with Crippen molar-refractivity contribution in [2.75, 3.05) is 21.3 Å². The summed E-state index contributed by atoms with van der Waals surface area (Å²) in [6, 6.07) is 6.49. The number of rotatable bonds is 6. The molecule has 0 aliphatic rings. The van der Waals surface area contributed by atoms with Crippen LogP contribution in [0.15, 0.2) is 42.1 Å². The van der Waals surface area contributed by atoms with Gasteiger partial charge >= 0.3 is 17.9 Å². The Morgan fingerprint density at radius 2 is 1.50 bits per heavy atom. The number of esters is 3. The molecule has 0 spiro atoms. The van der Waals surface area contributed by atoms with Gasteiger partial charge in [-0.15, -0.1) is 5.73 Å². The van der Waals surface area contributed by atoms with Gasteiger partial charge in [-0.25, -0.2) is 4.79 Å². The van der Waals surface area contributed by atoms with E-state index in [9.17, 15) is 14.4 Å². The lowest BCUT2D eigenvalue weighted by Crippen LogP contribution is -2.40. The van der Waals surface area contributed by atoms with Crippen LogP contribution in [0, 0.1) is 22.7 Å². The minimum atomic E-state index is -1.60. The van der Waals surface area contributed by atoms with E-state index in [0.29, 0.717) is 11.1 Å². The molecule has 1 aromatic rings. The zero-order valence-electron chi connectivity index (χ0n) is 18.3. The number of carbonyl (C=O) groups is 3. The largest absolute Gasteiger partial charge is 0.468 e. The fraction of sp³-hybridized carbons (Fsp3) is 0.417. The SMILES string of the molecule is COC(=O)c1ccc(C#CCC(CC=C=CC(C)(C)C)(C(=O)OC)C(=O)OC)cc1. The molecule has 0 saturated carbocycles. The zero-order valence-corrected chi connectivity index (χ0v) is 18.3. The van der Waals surface area contributed by atoms with Crippen molar-refractivity contribution in [2.24, 2.45) is 10.8 Å².